The number of carbonyl (C=O) groups excluding carboxylic acids is 1. The highest BCUT2D eigenvalue weighted by Gasteiger charge is 2.17. The third-order valence-corrected chi connectivity index (χ3v) is 3.71. The van der Waals surface area contributed by atoms with Gasteiger partial charge in [0.2, 0.25) is 5.91 Å². The van der Waals surface area contributed by atoms with E-state index in [4.69, 9.17) is 5.73 Å². The summed E-state index contributed by atoms with van der Waals surface area (Å²) in [6.07, 6.45) is 0. The van der Waals surface area contributed by atoms with Crippen LogP contribution in [0.5, 0.6) is 0 Å². The Hall–Kier alpha value is -2.22. The van der Waals surface area contributed by atoms with Crippen molar-refractivity contribution in [3.05, 3.63) is 29.8 Å². The Kier molecular flexibility index (Phi) is 5.86. The zero-order chi connectivity index (χ0) is 16.8. The quantitative estimate of drug-likeness (QED) is 0.636. The molecule has 0 atom stereocenters. The minimum Gasteiger partial charge on any atom is -0.370 e. The molecule has 0 aromatic heterocycles. The SMILES string of the molecule is CC(=O)N1CCN(CCN=C(N)Nc2cc(F)ccc2F)CC1. The van der Waals surface area contributed by atoms with Crippen LogP contribution >= 0.6 is 0 Å². The number of guanidine groups is 1. The minimum absolute atomic E-state index is 0.0388. The zero-order valence-electron chi connectivity index (χ0n) is 13.1. The second kappa shape index (κ2) is 7.87. The number of benzene rings is 1. The van der Waals surface area contributed by atoms with E-state index in [-0.39, 0.29) is 17.6 Å². The average molecular weight is 325 g/mol. The van der Waals surface area contributed by atoms with Crippen molar-refractivity contribution in [2.75, 3.05) is 44.6 Å². The van der Waals surface area contributed by atoms with Crippen LogP contribution in [0.1, 0.15) is 6.92 Å². The monoisotopic (exact) mass is 325 g/mol. The van der Waals surface area contributed by atoms with Gasteiger partial charge in [-0.05, 0) is 12.1 Å². The van der Waals surface area contributed by atoms with E-state index in [1.54, 1.807) is 6.92 Å². The fraction of sp³-hybridized carbons (Fsp3) is 0.467. The third-order valence-electron chi connectivity index (χ3n) is 3.71. The van der Waals surface area contributed by atoms with Gasteiger partial charge < -0.3 is 16.0 Å². The van der Waals surface area contributed by atoms with Crippen molar-refractivity contribution >= 4 is 17.6 Å². The summed E-state index contributed by atoms with van der Waals surface area (Å²) in [4.78, 5) is 19.3. The zero-order valence-corrected chi connectivity index (χ0v) is 13.1. The van der Waals surface area contributed by atoms with Gasteiger partial charge in [0.15, 0.2) is 5.96 Å². The second-order valence-electron chi connectivity index (χ2n) is 5.36. The van der Waals surface area contributed by atoms with Gasteiger partial charge in [0.25, 0.3) is 0 Å². The van der Waals surface area contributed by atoms with Gasteiger partial charge in [-0.3, -0.25) is 14.7 Å². The normalized spacial score (nSPS) is 16.5. The van der Waals surface area contributed by atoms with Crippen LogP contribution in [0.2, 0.25) is 0 Å². The maximum atomic E-state index is 13.5. The standard InChI is InChI=1S/C15H21F2N5O/c1-11(23)22-8-6-21(7-9-22)5-4-19-15(18)20-14-10-12(16)2-3-13(14)17/h2-3,10H,4-9H2,1H3,(H3,18,19,20). The van der Waals surface area contributed by atoms with Gasteiger partial charge in [-0.2, -0.15) is 0 Å². The maximum absolute atomic E-state index is 13.5. The highest BCUT2D eigenvalue weighted by atomic mass is 19.1. The molecule has 1 heterocycles. The molecule has 1 fully saturated rings. The number of piperazine rings is 1. The Morgan fingerprint density at radius 1 is 1.30 bits per heavy atom. The predicted molar refractivity (Wildman–Crippen MR) is 85.2 cm³/mol. The Balaban J connectivity index is 1.77. The molecule has 1 aromatic carbocycles. The average Bonchev–Trinajstić information content (AvgIpc) is 2.51. The molecule has 0 radical (unpaired) electrons. The summed E-state index contributed by atoms with van der Waals surface area (Å²) in [5.74, 6) is -1.01. The highest BCUT2D eigenvalue weighted by molar-refractivity contribution is 5.92. The lowest BCUT2D eigenvalue weighted by Gasteiger charge is -2.33. The van der Waals surface area contributed by atoms with Crippen molar-refractivity contribution in [1.82, 2.24) is 9.80 Å². The Labute approximate surface area is 134 Å². The van der Waals surface area contributed by atoms with Crippen LogP contribution in [0.25, 0.3) is 0 Å². The summed E-state index contributed by atoms with van der Waals surface area (Å²) in [7, 11) is 0. The number of hydrogen-bond acceptors (Lipinski definition) is 3. The molecular formula is C15H21F2N5O. The van der Waals surface area contributed by atoms with E-state index in [1.165, 1.54) is 0 Å². The fourth-order valence-electron chi connectivity index (χ4n) is 2.37. The molecule has 126 valence electrons. The number of carbonyl (C=O) groups is 1. The van der Waals surface area contributed by atoms with Gasteiger partial charge in [-0.25, -0.2) is 8.78 Å². The number of amides is 1. The number of nitrogens with one attached hydrogen (secondary N) is 1. The summed E-state index contributed by atoms with van der Waals surface area (Å²) < 4.78 is 26.5. The fourth-order valence-corrected chi connectivity index (χ4v) is 2.37. The lowest BCUT2D eigenvalue weighted by molar-refractivity contribution is -0.130. The lowest BCUT2D eigenvalue weighted by atomic mass is 10.3. The van der Waals surface area contributed by atoms with Gasteiger partial charge >= 0.3 is 0 Å². The molecule has 1 saturated heterocycles. The molecule has 0 bridgehead atoms. The van der Waals surface area contributed by atoms with Crippen molar-refractivity contribution in [3.63, 3.8) is 0 Å². The first kappa shape index (κ1) is 17.1. The Morgan fingerprint density at radius 2 is 2.00 bits per heavy atom. The summed E-state index contributed by atoms with van der Waals surface area (Å²) in [5.41, 5.74) is 5.64. The smallest absolute Gasteiger partial charge is 0.219 e. The molecule has 8 heteroatoms. The lowest BCUT2D eigenvalue weighted by Crippen LogP contribution is -2.48. The van der Waals surface area contributed by atoms with Crippen molar-refractivity contribution in [2.45, 2.75) is 6.92 Å². The number of rotatable bonds is 4. The molecule has 0 aliphatic carbocycles. The molecule has 0 saturated carbocycles. The first-order valence-corrected chi connectivity index (χ1v) is 7.45. The van der Waals surface area contributed by atoms with E-state index >= 15 is 0 Å². The molecular weight excluding hydrogens is 304 g/mol. The number of nitrogens with zero attached hydrogens (tertiary/aromatic N) is 3. The van der Waals surface area contributed by atoms with Crippen LogP contribution in [0.3, 0.4) is 0 Å². The molecule has 2 rings (SSSR count). The Bertz CT molecular complexity index is 585. The van der Waals surface area contributed by atoms with E-state index in [0.717, 1.165) is 31.3 Å². The first-order chi connectivity index (χ1) is 11.0. The van der Waals surface area contributed by atoms with Crippen LogP contribution in [0.4, 0.5) is 14.5 Å². The topological polar surface area (TPSA) is 74.0 Å². The van der Waals surface area contributed by atoms with E-state index in [1.807, 2.05) is 4.90 Å². The van der Waals surface area contributed by atoms with Gasteiger partial charge in [0, 0.05) is 45.7 Å². The summed E-state index contributed by atoms with van der Waals surface area (Å²) >= 11 is 0. The number of hydrogen-bond donors (Lipinski definition) is 2. The number of nitrogens with two attached hydrogens (primary N) is 1. The molecule has 3 N–H and O–H groups in total. The van der Waals surface area contributed by atoms with Crippen molar-refractivity contribution in [2.24, 2.45) is 10.7 Å². The maximum Gasteiger partial charge on any atom is 0.219 e. The van der Waals surface area contributed by atoms with Crippen molar-refractivity contribution in [3.8, 4) is 0 Å². The largest absolute Gasteiger partial charge is 0.370 e. The van der Waals surface area contributed by atoms with Crippen LogP contribution in [-0.4, -0.2) is 60.9 Å². The first-order valence-electron chi connectivity index (χ1n) is 7.45. The van der Waals surface area contributed by atoms with Crippen LogP contribution in [-0.2, 0) is 4.79 Å². The summed E-state index contributed by atoms with van der Waals surface area (Å²) in [6, 6.07) is 3.09. The van der Waals surface area contributed by atoms with Crippen molar-refractivity contribution in [1.29, 1.82) is 0 Å². The molecule has 0 spiro atoms. The van der Waals surface area contributed by atoms with E-state index in [9.17, 15) is 13.6 Å². The van der Waals surface area contributed by atoms with Gasteiger partial charge in [0.1, 0.15) is 11.6 Å². The number of halogens is 2. The van der Waals surface area contributed by atoms with Crippen LogP contribution in [0.15, 0.2) is 23.2 Å². The van der Waals surface area contributed by atoms with E-state index < -0.39 is 11.6 Å². The molecule has 1 aliphatic heterocycles. The van der Waals surface area contributed by atoms with E-state index in [2.05, 4.69) is 15.2 Å². The molecule has 1 amide bonds. The van der Waals surface area contributed by atoms with E-state index in [0.29, 0.717) is 26.2 Å². The molecule has 6 nitrogen and oxygen atoms in total. The second-order valence-corrected chi connectivity index (χ2v) is 5.36. The number of anilines is 1. The number of aliphatic imine (C=N–C) groups is 1. The summed E-state index contributed by atoms with van der Waals surface area (Å²) in [5, 5.41) is 2.55. The predicted octanol–water partition coefficient (Wildman–Crippen LogP) is 0.856. The van der Waals surface area contributed by atoms with Gasteiger partial charge in [-0.15, -0.1) is 0 Å². The van der Waals surface area contributed by atoms with Gasteiger partial charge in [-0.1, -0.05) is 0 Å². The molecule has 0 unspecified atom stereocenters. The summed E-state index contributed by atoms with van der Waals surface area (Å²) in [6.45, 7) is 5.71. The minimum atomic E-state index is -0.593. The molecule has 1 aromatic rings. The van der Waals surface area contributed by atoms with Crippen molar-refractivity contribution < 1.29 is 13.6 Å². The van der Waals surface area contributed by atoms with Crippen LogP contribution < -0.4 is 11.1 Å². The Morgan fingerprint density at radius 3 is 2.65 bits per heavy atom. The highest BCUT2D eigenvalue weighted by Crippen LogP contribution is 2.14. The molecule has 1 aliphatic rings. The molecule has 23 heavy (non-hydrogen) atoms. The third kappa shape index (κ3) is 5.17. The van der Waals surface area contributed by atoms with Crippen LogP contribution in [0, 0.1) is 11.6 Å². The van der Waals surface area contributed by atoms with Gasteiger partial charge in [0.05, 0.1) is 12.2 Å².